The quantitative estimate of drug-likeness (QED) is 0.580. The molecule has 8 heteroatoms. The molecule has 0 N–H and O–H groups in total. The minimum atomic E-state index is -1.21. The van der Waals surface area contributed by atoms with E-state index in [2.05, 4.69) is 0 Å². The SMILES string of the molecule is CCOC(=O)[C@@H]1OB(c2ccc(F)cc2)O[C@H]1C(=O)OCC. The molecule has 1 aliphatic heterocycles. The molecular weight excluding hydrogens is 294 g/mol. The molecule has 1 heterocycles. The zero-order chi connectivity index (χ0) is 16.1. The van der Waals surface area contributed by atoms with E-state index in [-0.39, 0.29) is 13.2 Å². The van der Waals surface area contributed by atoms with Crippen LogP contribution in [0.25, 0.3) is 0 Å². The van der Waals surface area contributed by atoms with Crippen LogP contribution in [0.4, 0.5) is 4.39 Å². The smallest absolute Gasteiger partial charge is 0.464 e. The van der Waals surface area contributed by atoms with Crippen molar-refractivity contribution in [2.45, 2.75) is 26.1 Å². The van der Waals surface area contributed by atoms with Crippen LogP contribution in [-0.4, -0.2) is 44.5 Å². The molecule has 1 aliphatic rings. The van der Waals surface area contributed by atoms with Gasteiger partial charge in [-0.1, -0.05) is 12.1 Å². The molecule has 1 aromatic rings. The Labute approximate surface area is 127 Å². The molecule has 2 atom stereocenters. The maximum Gasteiger partial charge on any atom is 0.495 e. The number of carbonyl (C=O) groups excluding carboxylic acids is 2. The van der Waals surface area contributed by atoms with Crippen molar-refractivity contribution in [3.8, 4) is 0 Å². The van der Waals surface area contributed by atoms with Gasteiger partial charge in [-0.25, -0.2) is 14.0 Å². The highest BCUT2D eigenvalue weighted by Gasteiger charge is 2.49. The third kappa shape index (κ3) is 3.64. The Morgan fingerprint density at radius 3 is 1.91 bits per heavy atom. The average Bonchev–Trinajstić information content (AvgIpc) is 2.94. The molecule has 0 aromatic heterocycles. The molecule has 0 amide bonds. The first-order valence-electron chi connectivity index (χ1n) is 6.96. The van der Waals surface area contributed by atoms with E-state index in [1.54, 1.807) is 13.8 Å². The van der Waals surface area contributed by atoms with Crippen LogP contribution >= 0.6 is 0 Å². The normalized spacial score (nSPS) is 20.8. The number of rotatable bonds is 5. The lowest BCUT2D eigenvalue weighted by atomic mass is 9.79. The van der Waals surface area contributed by atoms with E-state index >= 15 is 0 Å². The molecular formula is C14H16BFO6. The van der Waals surface area contributed by atoms with Crippen LogP contribution in [0, 0.1) is 5.82 Å². The Kier molecular flexibility index (Phi) is 5.51. The Hall–Kier alpha value is -1.93. The van der Waals surface area contributed by atoms with Crippen LogP contribution in [0.15, 0.2) is 24.3 Å². The third-order valence-corrected chi connectivity index (χ3v) is 3.00. The standard InChI is InChI=1S/C14H16BFO6/c1-3-19-13(17)11-12(14(18)20-4-2)22-15(21-11)9-5-7-10(16)8-6-9/h5-8,11-12H,3-4H2,1-2H3/t11-,12-/m1/s1. The number of benzene rings is 1. The second-order valence-corrected chi connectivity index (χ2v) is 4.50. The molecule has 0 unspecified atom stereocenters. The van der Waals surface area contributed by atoms with E-state index in [4.69, 9.17) is 18.8 Å². The fourth-order valence-corrected chi connectivity index (χ4v) is 2.03. The Balaban J connectivity index is 2.17. The molecule has 1 aromatic carbocycles. The van der Waals surface area contributed by atoms with E-state index in [1.165, 1.54) is 24.3 Å². The molecule has 0 saturated carbocycles. The maximum atomic E-state index is 13.0. The maximum absolute atomic E-state index is 13.0. The largest absolute Gasteiger partial charge is 0.495 e. The number of hydrogen-bond donors (Lipinski definition) is 0. The highest BCUT2D eigenvalue weighted by atomic mass is 19.1. The summed E-state index contributed by atoms with van der Waals surface area (Å²) < 4.78 is 33.6. The summed E-state index contributed by atoms with van der Waals surface area (Å²) in [5.41, 5.74) is 0.488. The highest BCUT2D eigenvalue weighted by molar-refractivity contribution is 6.62. The monoisotopic (exact) mass is 310 g/mol. The first kappa shape index (κ1) is 16.4. The lowest BCUT2D eigenvalue weighted by Crippen LogP contribution is -2.39. The van der Waals surface area contributed by atoms with Gasteiger partial charge in [0.1, 0.15) is 5.82 Å². The summed E-state index contributed by atoms with van der Waals surface area (Å²) in [4.78, 5) is 23.8. The van der Waals surface area contributed by atoms with E-state index in [9.17, 15) is 14.0 Å². The molecule has 22 heavy (non-hydrogen) atoms. The third-order valence-electron chi connectivity index (χ3n) is 3.00. The molecule has 6 nitrogen and oxygen atoms in total. The van der Waals surface area contributed by atoms with E-state index in [0.717, 1.165) is 0 Å². The summed E-state index contributed by atoms with van der Waals surface area (Å²) >= 11 is 0. The first-order chi connectivity index (χ1) is 10.6. The van der Waals surface area contributed by atoms with Crippen LogP contribution in [0.2, 0.25) is 0 Å². The first-order valence-corrected chi connectivity index (χ1v) is 6.96. The van der Waals surface area contributed by atoms with Gasteiger partial charge >= 0.3 is 19.1 Å². The fraction of sp³-hybridized carbons (Fsp3) is 0.429. The summed E-state index contributed by atoms with van der Waals surface area (Å²) in [7, 11) is -0.968. The summed E-state index contributed by atoms with van der Waals surface area (Å²) in [6.07, 6.45) is -2.43. The summed E-state index contributed by atoms with van der Waals surface area (Å²) in [6, 6.07) is 5.38. The van der Waals surface area contributed by atoms with Gasteiger partial charge in [-0.3, -0.25) is 0 Å². The second-order valence-electron chi connectivity index (χ2n) is 4.50. The topological polar surface area (TPSA) is 71.1 Å². The number of hydrogen-bond acceptors (Lipinski definition) is 6. The number of esters is 2. The predicted molar refractivity (Wildman–Crippen MR) is 74.8 cm³/mol. The molecule has 0 aliphatic carbocycles. The van der Waals surface area contributed by atoms with Gasteiger partial charge < -0.3 is 18.8 Å². The van der Waals surface area contributed by atoms with Gasteiger partial charge in [0.2, 0.25) is 0 Å². The van der Waals surface area contributed by atoms with Crippen molar-refractivity contribution >= 4 is 24.5 Å². The lowest BCUT2D eigenvalue weighted by Gasteiger charge is -2.15. The lowest BCUT2D eigenvalue weighted by molar-refractivity contribution is -0.163. The van der Waals surface area contributed by atoms with Crippen molar-refractivity contribution in [2.75, 3.05) is 13.2 Å². The van der Waals surface area contributed by atoms with Crippen molar-refractivity contribution in [1.82, 2.24) is 0 Å². The predicted octanol–water partition coefficient (Wildman–Crippen LogP) is 0.431. The molecule has 0 radical (unpaired) electrons. The minimum absolute atomic E-state index is 0.148. The van der Waals surface area contributed by atoms with Crippen molar-refractivity contribution in [3.63, 3.8) is 0 Å². The zero-order valence-corrected chi connectivity index (χ0v) is 12.3. The van der Waals surface area contributed by atoms with Crippen LogP contribution in [0.5, 0.6) is 0 Å². The Morgan fingerprint density at radius 1 is 1.05 bits per heavy atom. The van der Waals surface area contributed by atoms with Crippen molar-refractivity contribution in [1.29, 1.82) is 0 Å². The van der Waals surface area contributed by atoms with Crippen molar-refractivity contribution in [3.05, 3.63) is 30.1 Å². The van der Waals surface area contributed by atoms with Crippen LogP contribution < -0.4 is 5.46 Å². The van der Waals surface area contributed by atoms with Gasteiger partial charge in [0.05, 0.1) is 13.2 Å². The minimum Gasteiger partial charge on any atom is -0.464 e. The Bertz CT molecular complexity index is 509. The molecule has 1 fully saturated rings. The highest BCUT2D eigenvalue weighted by Crippen LogP contribution is 2.20. The van der Waals surface area contributed by atoms with E-state index in [1.807, 2.05) is 0 Å². The van der Waals surface area contributed by atoms with Crippen molar-refractivity contribution < 1.29 is 32.8 Å². The molecule has 0 bridgehead atoms. The van der Waals surface area contributed by atoms with Gasteiger partial charge in [0.25, 0.3) is 0 Å². The van der Waals surface area contributed by atoms with Crippen LogP contribution in [0.3, 0.4) is 0 Å². The van der Waals surface area contributed by atoms with Gasteiger partial charge in [-0.15, -0.1) is 0 Å². The average molecular weight is 310 g/mol. The number of ether oxygens (including phenoxy) is 2. The van der Waals surface area contributed by atoms with Crippen molar-refractivity contribution in [2.24, 2.45) is 0 Å². The summed E-state index contributed by atoms with van der Waals surface area (Å²) in [5, 5.41) is 0. The van der Waals surface area contributed by atoms with Gasteiger partial charge in [0.15, 0.2) is 12.2 Å². The molecule has 2 rings (SSSR count). The zero-order valence-electron chi connectivity index (χ0n) is 12.3. The fourth-order valence-electron chi connectivity index (χ4n) is 2.03. The van der Waals surface area contributed by atoms with Crippen LogP contribution in [-0.2, 0) is 28.4 Å². The number of carbonyl (C=O) groups is 2. The molecule has 1 saturated heterocycles. The molecule has 0 spiro atoms. The van der Waals surface area contributed by atoms with Crippen LogP contribution in [0.1, 0.15) is 13.8 Å². The van der Waals surface area contributed by atoms with E-state index < -0.39 is 37.1 Å². The number of halogens is 1. The van der Waals surface area contributed by atoms with E-state index in [0.29, 0.717) is 5.46 Å². The molecule has 118 valence electrons. The van der Waals surface area contributed by atoms with Gasteiger partial charge in [-0.05, 0) is 31.4 Å². The van der Waals surface area contributed by atoms with Gasteiger partial charge in [-0.2, -0.15) is 0 Å². The second kappa shape index (κ2) is 7.37. The summed E-state index contributed by atoms with van der Waals surface area (Å²) in [5.74, 6) is -1.82. The van der Waals surface area contributed by atoms with Gasteiger partial charge in [0, 0.05) is 0 Å². The summed E-state index contributed by atoms with van der Waals surface area (Å²) in [6.45, 7) is 3.58. The Morgan fingerprint density at radius 2 is 1.50 bits per heavy atom.